The molecule has 34 heavy (non-hydrogen) atoms. The van der Waals surface area contributed by atoms with E-state index >= 15 is 0 Å². The summed E-state index contributed by atoms with van der Waals surface area (Å²) in [5, 5.41) is 3.14. The number of nitrogens with one attached hydrogen (secondary N) is 1. The molecule has 8 nitrogen and oxygen atoms in total. The Morgan fingerprint density at radius 2 is 1.88 bits per heavy atom. The molecule has 2 aromatic carbocycles. The average molecular weight is 478 g/mol. The number of nitrogens with zero attached hydrogens (tertiary/aromatic N) is 2. The van der Waals surface area contributed by atoms with E-state index in [0.29, 0.717) is 42.3 Å². The fourth-order valence-electron chi connectivity index (χ4n) is 4.87. The zero-order chi connectivity index (χ0) is 23.3. The largest absolute Gasteiger partial charge is 0.491 e. The Kier molecular flexibility index (Phi) is 4.84. The normalized spacial score (nSPS) is 19.2. The summed E-state index contributed by atoms with van der Waals surface area (Å²) in [6, 6.07) is 14.6. The summed E-state index contributed by atoms with van der Waals surface area (Å²) in [4.78, 5) is 31.9. The van der Waals surface area contributed by atoms with Crippen molar-refractivity contribution in [2.45, 2.75) is 11.8 Å². The number of aromatic nitrogens is 1. The Bertz CT molecular complexity index is 1330. The van der Waals surface area contributed by atoms with E-state index in [-0.39, 0.29) is 30.4 Å². The third-order valence-corrected chi connectivity index (χ3v) is 6.68. The first kappa shape index (κ1) is 20.8. The van der Waals surface area contributed by atoms with Crippen LogP contribution in [0.15, 0.2) is 54.7 Å². The number of ether oxygens (including phenoxy) is 3. The van der Waals surface area contributed by atoms with Gasteiger partial charge in [-0.25, -0.2) is 4.98 Å². The number of hydrogen-bond donors (Lipinski definition) is 1. The van der Waals surface area contributed by atoms with Gasteiger partial charge in [0.25, 0.3) is 5.91 Å². The van der Waals surface area contributed by atoms with E-state index < -0.39 is 5.41 Å². The lowest BCUT2D eigenvalue weighted by atomic mass is 9.77. The van der Waals surface area contributed by atoms with E-state index in [0.717, 1.165) is 16.8 Å². The first-order chi connectivity index (χ1) is 16.6. The number of anilines is 1. The molecule has 0 radical (unpaired) electrons. The monoisotopic (exact) mass is 477 g/mol. The average Bonchev–Trinajstić information content (AvgIpc) is 3.52. The molecule has 1 unspecified atom stereocenters. The summed E-state index contributed by atoms with van der Waals surface area (Å²) in [6.07, 6.45) is 2.07. The zero-order valence-electron chi connectivity index (χ0n) is 18.0. The highest BCUT2D eigenvalue weighted by Gasteiger charge is 2.57. The number of amides is 2. The van der Waals surface area contributed by atoms with E-state index in [4.69, 9.17) is 25.8 Å². The van der Waals surface area contributed by atoms with Gasteiger partial charge in [0.15, 0.2) is 11.5 Å². The van der Waals surface area contributed by atoms with Gasteiger partial charge in [0.05, 0.1) is 0 Å². The molecular weight excluding hydrogens is 458 g/mol. The lowest BCUT2D eigenvalue weighted by Crippen LogP contribution is -2.43. The fraction of sp³-hybridized carbons (Fsp3) is 0.240. The second kappa shape index (κ2) is 7.92. The van der Waals surface area contributed by atoms with Crippen LogP contribution < -0.4 is 24.4 Å². The molecule has 1 atom stereocenters. The smallest absolute Gasteiger partial charge is 0.251 e. The van der Waals surface area contributed by atoms with E-state index in [1.54, 1.807) is 17.0 Å². The van der Waals surface area contributed by atoms with Gasteiger partial charge in [0, 0.05) is 42.2 Å². The molecule has 6 rings (SSSR count). The molecular formula is C25H20ClN3O5. The number of carbonyl (C=O) groups excluding carboxylic acids is 2. The highest BCUT2D eigenvalue weighted by atomic mass is 35.5. The number of hydrogen-bond acceptors (Lipinski definition) is 6. The second-order valence-electron chi connectivity index (χ2n) is 8.35. The molecule has 0 fully saturated rings. The van der Waals surface area contributed by atoms with Crippen molar-refractivity contribution in [3.05, 3.63) is 76.6 Å². The maximum Gasteiger partial charge on any atom is 0.251 e. The maximum atomic E-state index is 13.9. The number of para-hydroxylation sites is 1. The quantitative estimate of drug-likeness (QED) is 0.448. The third-order valence-electron chi connectivity index (χ3n) is 6.48. The van der Waals surface area contributed by atoms with Crippen LogP contribution in [0.4, 0.5) is 5.69 Å². The minimum Gasteiger partial charge on any atom is -0.491 e. The topological polar surface area (TPSA) is 90.0 Å². The van der Waals surface area contributed by atoms with Crippen molar-refractivity contribution in [2.24, 2.45) is 0 Å². The molecule has 3 aliphatic rings. The number of halogens is 1. The SMILES string of the molecule is O=C(NCCCN1C(=O)C2(COc3cc4c(cc32)OCO4)c2ccccc21)c1ccnc(Cl)c1. The maximum absolute atomic E-state index is 13.9. The highest BCUT2D eigenvalue weighted by molar-refractivity contribution is 6.29. The van der Waals surface area contributed by atoms with Gasteiger partial charge in [0.2, 0.25) is 12.7 Å². The van der Waals surface area contributed by atoms with Gasteiger partial charge in [-0.3, -0.25) is 9.59 Å². The van der Waals surface area contributed by atoms with Gasteiger partial charge in [0.1, 0.15) is 22.9 Å². The first-order valence-corrected chi connectivity index (χ1v) is 11.3. The van der Waals surface area contributed by atoms with Crippen molar-refractivity contribution >= 4 is 29.1 Å². The molecule has 9 heteroatoms. The van der Waals surface area contributed by atoms with Crippen molar-refractivity contribution in [2.75, 3.05) is 31.4 Å². The summed E-state index contributed by atoms with van der Waals surface area (Å²) in [6.45, 7) is 1.23. The van der Waals surface area contributed by atoms with Crippen LogP contribution in [0.25, 0.3) is 0 Å². The molecule has 2 amide bonds. The first-order valence-electron chi connectivity index (χ1n) is 11.0. The molecule has 3 aromatic rings. The summed E-state index contributed by atoms with van der Waals surface area (Å²) in [5.41, 5.74) is 2.07. The van der Waals surface area contributed by atoms with Crippen LogP contribution in [0.3, 0.4) is 0 Å². The molecule has 0 saturated heterocycles. The standard InChI is InChI=1S/C25H20ClN3O5/c26-22-10-15(6-8-27-22)23(30)28-7-3-9-29-18-5-2-1-4-16(18)25(24(29)31)13-32-19-12-21-20(11-17(19)25)33-14-34-21/h1-2,4-6,8,10-12H,3,7,9,13-14H2,(H,28,30). The van der Waals surface area contributed by atoms with Crippen LogP contribution in [0, 0.1) is 0 Å². The van der Waals surface area contributed by atoms with E-state index in [9.17, 15) is 9.59 Å². The van der Waals surface area contributed by atoms with Crippen molar-refractivity contribution in [1.29, 1.82) is 0 Å². The Balaban J connectivity index is 1.22. The highest BCUT2D eigenvalue weighted by Crippen LogP contribution is 2.54. The van der Waals surface area contributed by atoms with Gasteiger partial charge in [-0.2, -0.15) is 0 Å². The Morgan fingerprint density at radius 3 is 2.74 bits per heavy atom. The third kappa shape index (κ3) is 3.09. The molecule has 0 aliphatic carbocycles. The molecule has 1 spiro atoms. The molecule has 0 bridgehead atoms. The molecule has 4 heterocycles. The Morgan fingerprint density at radius 1 is 1.06 bits per heavy atom. The van der Waals surface area contributed by atoms with Gasteiger partial charge < -0.3 is 24.4 Å². The number of rotatable bonds is 5. The van der Waals surface area contributed by atoms with Crippen molar-refractivity contribution in [1.82, 2.24) is 10.3 Å². The lowest BCUT2D eigenvalue weighted by Gasteiger charge is -2.23. The van der Waals surface area contributed by atoms with Crippen LogP contribution in [0.1, 0.15) is 27.9 Å². The van der Waals surface area contributed by atoms with Gasteiger partial charge in [-0.1, -0.05) is 29.8 Å². The van der Waals surface area contributed by atoms with Gasteiger partial charge in [-0.05, 0) is 36.2 Å². The van der Waals surface area contributed by atoms with Gasteiger partial charge in [-0.15, -0.1) is 0 Å². The van der Waals surface area contributed by atoms with Crippen molar-refractivity contribution in [3.8, 4) is 17.2 Å². The summed E-state index contributed by atoms with van der Waals surface area (Å²) < 4.78 is 17.0. The summed E-state index contributed by atoms with van der Waals surface area (Å²) in [7, 11) is 0. The minimum atomic E-state index is -0.927. The van der Waals surface area contributed by atoms with Crippen LogP contribution >= 0.6 is 11.6 Å². The van der Waals surface area contributed by atoms with E-state index in [2.05, 4.69) is 10.3 Å². The number of carbonyl (C=O) groups is 2. The molecule has 1 aromatic heterocycles. The van der Waals surface area contributed by atoms with Crippen LogP contribution in [-0.2, 0) is 10.2 Å². The molecule has 0 saturated carbocycles. The predicted octanol–water partition coefficient (Wildman–Crippen LogP) is 3.31. The second-order valence-corrected chi connectivity index (χ2v) is 8.73. The lowest BCUT2D eigenvalue weighted by molar-refractivity contribution is -0.122. The number of benzene rings is 2. The Hall–Kier alpha value is -3.78. The van der Waals surface area contributed by atoms with Crippen molar-refractivity contribution in [3.63, 3.8) is 0 Å². The number of fused-ring (bicyclic) bond motifs is 5. The molecule has 1 N–H and O–H groups in total. The van der Waals surface area contributed by atoms with Gasteiger partial charge >= 0.3 is 0 Å². The van der Waals surface area contributed by atoms with Crippen LogP contribution in [-0.4, -0.2) is 43.3 Å². The molecule has 3 aliphatic heterocycles. The van der Waals surface area contributed by atoms with Crippen LogP contribution in [0.5, 0.6) is 17.2 Å². The van der Waals surface area contributed by atoms with E-state index in [1.165, 1.54) is 12.3 Å². The number of pyridine rings is 1. The zero-order valence-corrected chi connectivity index (χ0v) is 18.8. The van der Waals surface area contributed by atoms with Crippen molar-refractivity contribution < 1.29 is 23.8 Å². The molecule has 172 valence electrons. The summed E-state index contributed by atoms with van der Waals surface area (Å²) in [5.74, 6) is 1.60. The Labute approximate surface area is 200 Å². The summed E-state index contributed by atoms with van der Waals surface area (Å²) >= 11 is 5.87. The predicted molar refractivity (Wildman–Crippen MR) is 124 cm³/mol. The fourth-order valence-corrected chi connectivity index (χ4v) is 5.05. The minimum absolute atomic E-state index is 0.0430. The van der Waals surface area contributed by atoms with E-state index in [1.807, 2.05) is 30.3 Å². The van der Waals surface area contributed by atoms with Crippen LogP contribution in [0.2, 0.25) is 5.15 Å².